The highest BCUT2D eigenvalue weighted by molar-refractivity contribution is 5.94. The summed E-state index contributed by atoms with van der Waals surface area (Å²) in [6.45, 7) is 0. The van der Waals surface area contributed by atoms with Crippen molar-refractivity contribution in [2.75, 3.05) is 0 Å². The summed E-state index contributed by atoms with van der Waals surface area (Å²) in [6, 6.07) is 7.02. The number of carbonyl (C=O) groups excluding carboxylic acids is 1. The van der Waals surface area contributed by atoms with Gasteiger partial charge in [0, 0.05) is 18.8 Å². The van der Waals surface area contributed by atoms with Crippen molar-refractivity contribution in [3.05, 3.63) is 54.2 Å². The van der Waals surface area contributed by atoms with Gasteiger partial charge in [0.1, 0.15) is 0 Å². The molecule has 0 amide bonds. The van der Waals surface area contributed by atoms with E-state index in [1.54, 1.807) is 24.5 Å². The molecule has 0 aromatic carbocycles. The van der Waals surface area contributed by atoms with Crippen LogP contribution in [-0.4, -0.2) is 10.8 Å². The molecule has 2 rings (SSSR count). The Hall–Kier alpha value is -1.90. The lowest BCUT2D eigenvalue weighted by Gasteiger charge is -1.96. The van der Waals surface area contributed by atoms with Gasteiger partial charge in [-0.2, -0.15) is 0 Å². The fraction of sp³-hybridized carbons (Fsp3) is 0.0909. The van der Waals surface area contributed by atoms with Crippen LogP contribution in [0.2, 0.25) is 0 Å². The van der Waals surface area contributed by atoms with Gasteiger partial charge in [0.25, 0.3) is 0 Å². The van der Waals surface area contributed by atoms with Crippen LogP contribution in [0.3, 0.4) is 0 Å². The largest absolute Gasteiger partial charge is 0.461 e. The van der Waals surface area contributed by atoms with E-state index >= 15 is 0 Å². The third-order valence-electron chi connectivity index (χ3n) is 1.91. The van der Waals surface area contributed by atoms with Crippen LogP contribution in [-0.2, 0) is 6.42 Å². The first-order chi connectivity index (χ1) is 6.86. The van der Waals surface area contributed by atoms with Crippen LogP contribution in [0.25, 0.3) is 0 Å². The first-order valence-corrected chi connectivity index (χ1v) is 4.32. The maximum Gasteiger partial charge on any atom is 0.202 e. The molecule has 0 saturated carbocycles. The molecule has 0 saturated heterocycles. The summed E-state index contributed by atoms with van der Waals surface area (Å²) >= 11 is 0. The van der Waals surface area contributed by atoms with Crippen molar-refractivity contribution >= 4 is 5.78 Å². The lowest BCUT2D eigenvalue weighted by Crippen LogP contribution is -2.01. The van der Waals surface area contributed by atoms with Gasteiger partial charge in [0.15, 0.2) is 5.76 Å². The highest BCUT2D eigenvalue weighted by Crippen LogP contribution is 2.06. The third-order valence-corrected chi connectivity index (χ3v) is 1.91. The van der Waals surface area contributed by atoms with E-state index < -0.39 is 0 Å². The summed E-state index contributed by atoms with van der Waals surface area (Å²) in [6.07, 6.45) is 5.20. The second-order valence-corrected chi connectivity index (χ2v) is 2.93. The Morgan fingerprint density at radius 1 is 1.29 bits per heavy atom. The molecule has 2 aromatic heterocycles. The fourth-order valence-electron chi connectivity index (χ4n) is 1.21. The minimum Gasteiger partial charge on any atom is -0.461 e. The van der Waals surface area contributed by atoms with Crippen LogP contribution in [0.4, 0.5) is 0 Å². The Kier molecular flexibility index (Phi) is 2.40. The predicted octanol–water partition coefficient (Wildman–Crippen LogP) is 2.10. The van der Waals surface area contributed by atoms with E-state index in [-0.39, 0.29) is 5.78 Å². The van der Waals surface area contributed by atoms with Gasteiger partial charge in [-0.05, 0) is 29.8 Å². The molecular formula is C11H9NO2. The number of ketones is 1. The molecule has 0 aliphatic rings. The summed E-state index contributed by atoms with van der Waals surface area (Å²) in [7, 11) is 0. The number of pyridine rings is 1. The molecule has 14 heavy (non-hydrogen) atoms. The number of hydrogen-bond acceptors (Lipinski definition) is 3. The molecular weight excluding hydrogens is 178 g/mol. The molecule has 70 valence electrons. The zero-order valence-corrected chi connectivity index (χ0v) is 7.51. The lowest BCUT2D eigenvalue weighted by atomic mass is 10.1. The number of aromatic nitrogens is 1. The number of nitrogens with zero attached hydrogens (tertiary/aromatic N) is 1. The molecule has 0 aliphatic carbocycles. The van der Waals surface area contributed by atoms with Gasteiger partial charge in [0.2, 0.25) is 5.78 Å². The monoisotopic (exact) mass is 187 g/mol. The van der Waals surface area contributed by atoms with Crippen LogP contribution < -0.4 is 0 Å². The predicted molar refractivity (Wildman–Crippen MR) is 51.0 cm³/mol. The standard InChI is InChI=1S/C11H9NO2/c13-10(11-2-1-7-14-11)8-9-3-5-12-6-4-9/h1-7H,8H2. The number of Topliss-reactive ketones (excluding diaryl/α,β-unsaturated/α-hetero) is 1. The Morgan fingerprint density at radius 3 is 2.71 bits per heavy atom. The molecule has 0 aliphatic heterocycles. The molecule has 3 nitrogen and oxygen atoms in total. The van der Waals surface area contributed by atoms with Crippen molar-refractivity contribution < 1.29 is 9.21 Å². The zero-order valence-electron chi connectivity index (χ0n) is 7.51. The Bertz CT molecular complexity index is 406. The summed E-state index contributed by atoms with van der Waals surface area (Å²) < 4.78 is 5.00. The third kappa shape index (κ3) is 1.88. The first kappa shape index (κ1) is 8.69. The van der Waals surface area contributed by atoms with E-state index in [1.807, 2.05) is 12.1 Å². The van der Waals surface area contributed by atoms with Crippen LogP contribution in [0.1, 0.15) is 16.1 Å². The van der Waals surface area contributed by atoms with Gasteiger partial charge in [0.05, 0.1) is 6.26 Å². The SMILES string of the molecule is O=C(Cc1ccncc1)c1ccco1. The molecule has 0 radical (unpaired) electrons. The Labute approximate surface area is 81.4 Å². The average molecular weight is 187 g/mol. The number of hydrogen-bond donors (Lipinski definition) is 0. The smallest absolute Gasteiger partial charge is 0.202 e. The summed E-state index contributed by atoms with van der Waals surface area (Å²) in [5, 5.41) is 0. The molecule has 0 spiro atoms. The van der Waals surface area contributed by atoms with Crippen molar-refractivity contribution in [1.29, 1.82) is 0 Å². The van der Waals surface area contributed by atoms with Crippen LogP contribution in [0.15, 0.2) is 47.3 Å². The highest BCUT2D eigenvalue weighted by atomic mass is 16.3. The van der Waals surface area contributed by atoms with Gasteiger partial charge in [-0.3, -0.25) is 9.78 Å². The molecule has 0 unspecified atom stereocenters. The van der Waals surface area contributed by atoms with E-state index in [1.165, 1.54) is 6.26 Å². The van der Waals surface area contributed by atoms with E-state index in [0.717, 1.165) is 5.56 Å². The topological polar surface area (TPSA) is 43.1 Å². The van der Waals surface area contributed by atoms with Gasteiger partial charge < -0.3 is 4.42 Å². The zero-order chi connectivity index (χ0) is 9.80. The van der Waals surface area contributed by atoms with Crippen molar-refractivity contribution in [1.82, 2.24) is 4.98 Å². The van der Waals surface area contributed by atoms with Crippen LogP contribution >= 0.6 is 0 Å². The van der Waals surface area contributed by atoms with Gasteiger partial charge in [-0.25, -0.2) is 0 Å². The van der Waals surface area contributed by atoms with Crippen molar-refractivity contribution in [3.8, 4) is 0 Å². The summed E-state index contributed by atoms with van der Waals surface area (Å²) in [5.74, 6) is 0.392. The Balaban J connectivity index is 2.10. The minimum atomic E-state index is -0.0128. The Morgan fingerprint density at radius 2 is 2.07 bits per heavy atom. The molecule has 2 aromatic rings. The molecule has 0 N–H and O–H groups in total. The minimum absolute atomic E-state index is 0.0128. The van der Waals surface area contributed by atoms with Crippen molar-refractivity contribution in [2.45, 2.75) is 6.42 Å². The maximum absolute atomic E-state index is 11.6. The van der Waals surface area contributed by atoms with E-state index in [4.69, 9.17) is 4.42 Å². The second-order valence-electron chi connectivity index (χ2n) is 2.93. The van der Waals surface area contributed by atoms with Crippen molar-refractivity contribution in [2.24, 2.45) is 0 Å². The number of furan rings is 1. The van der Waals surface area contributed by atoms with E-state index in [0.29, 0.717) is 12.2 Å². The first-order valence-electron chi connectivity index (χ1n) is 4.32. The van der Waals surface area contributed by atoms with Gasteiger partial charge >= 0.3 is 0 Å². The van der Waals surface area contributed by atoms with E-state index in [9.17, 15) is 4.79 Å². The second kappa shape index (κ2) is 3.87. The van der Waals surface area contributed by atoms with Gasteiger partial charge in [-0.15, -0.1) is 0 Å². The average Bonchev–Trinajstić information content (AvgIpc) is 2.72. The molecule has 0 bridgehead atoms. The summed E-state index contributed by atoms with van der Waals surface area (Å²) in [5.41, 5.74) is 0.946. The molecule has 0 atom stereocenters. The van der Waals surface area contributed by atoms with Crippen LogP contribution in [0, 0.1) is 0 Å². The quantitative estimate of drug-likeness (QED) is 0.691. The fourth-order valence-corrected chi connectivity index (χ4v) is 1.21. The van der Waals surface area contributed by atoms with Crippen molar-refractivity contribution in [3.63, 3.8) is 0 Å². The van der Waals surface area contributed by atoms with Crippen LogP contribution in [0.5, 0.6) is 0 Å². The molecule has 3 heteroatoms. The highest BCUT2D eigenvalue weighted by Gasteiger charge is 2.08. The lowest BCUT2D eigenvalue weighted by molar-refractivity contribution is 0.0966. The number of rotatable bonds is 3. The van der Waals surface area contributed by atoms with Gasteiger partial charge in [-0.1, -0.05) is 0 Å². The molecule has 2 heterocycles. The number of carbonyl (C=O) groups is 1. The normalized spacial score (nSPS) is 10.0. The van der Waals surface area contributed by atoms with E-state index in [2.05, 4.69) is 4.98 Å². The summed E-state index contributed by atoms with van der Waals surface area (Å²) in [4.78, 5) is 15.4. The molecule has 0 fully saturated rings. The maximum atomic E-state index is 11.6.